The molecule has 2 amide bonds. The Morgan fingerprint density at radius 2 is 2.04 bits per heavy atom. The highest BCUT2D eigenvalue weighted by molar-refractivity contribution is 5.90. The zero-order chi connectivity index (χ0) is 17.7. The molecule has 3 rings (SSSR count). The van der Waals surface area contributed by atoms with E-state index in [0.717, 1.165) is 44.7 Å². The number of rotatable bonds is 5. The van der Waals surface area contributed by atoms with Crippen molar-refractivity contribution in [2.75, 3.05) is 38.1 Å². The molecule has 144 valence electrons. The number of hydrogen-bond acceptors (Lipinski definition) is 4. The Morgan fingerprint density at radius 3 is 2.69 bits per heavy atom. The maximum absolute atomic E-state index is 12.5. The van der Waals surface area contributed by atoms with Gasteiger partial charge >= 0.3 is 0 Å². The molecular formula is C19H28ClN3O3. The van der Waals surface area contributed by atoms with E-state index in [-0.39, 0.29) is 36.2 Å². The van der Waals surface area contributed by atoms with Crippen molar-refractivity contribution in [1.82, 2.24) is 10.2 Å². The van der Waals surface area contributed by atoms with E-state index in [2.05, 4.69) is 10.6 Å². The van der Waals surface area contributed by atoms with Gasteiger partial charge in [0.2, 0.25) is 5.91 Å². The fourth-order valence-corrected chi connectivity index (χ4v) is 3.68. The highest BCUT2D eigenvalue weighted by atomic mass is 35.5. The third kappa shape index (κ3) is 5.11. The van der Waals surface area contributed by atoms with Crippen LogP contribution in [0.3, 0.4) is 0 Å². The summed E-state index contributed by atoms with van der Waals surface area (Å²) in [5.74, 6) is 0.663. The smallest absolute Gasteiger partial charge is 0.260 e. The van der Waals surface area contributed by atoms with Crippen molar-refractivity contribution >= 4 is 29.9 Å². The zero-order valence-electron chi connectivity index (χ0n) is 15.3. The van der Waals surface area contributed by atoms with Crippen LogP contribution in [0.15, 0.2) is 24.3 Å². The summed E-state index contributed by atoms with van der Waals surface area (Å²) in [6.07, 6.45) is 3.87. The topological polar surface area (TPSA) is 70.7 Å². The van der Waals surface area contributed by atoms with Gasteiger partial charge in [-0.2, -0.15) is 0 Å². The Hall–Kier alpha value is -1.79. The van der Waals surface area contributed by atoms with Crippen molar-refractivity contribution in [3.05, 3.63) is 24.3 Å². The number of carbonyl (C=O) groups excluding carboxylic acids is 2. The van der Waals surface area contributed by atoms with Crippen LogP contribution in [0.5, 0.6) is 5.75 Å². The molecule has 1 spiro atoms. The number of benzene rings is 1. The van der Waals surface area contributed by atoms with E-state index >= 15 is 0 Å². The van der Waals surface area contributed by atoms with Gasteiger partial charge in [-0.05, 0) is 50.1 Å². The first-order chi connectivity index (χ1) is 12.1. The van der Waals surface area contributed by atoms with Gasteiger partial charge in [-0.15, -0.1) is 12.4 Å². The van der Waals surface area contributed by atoms with Crippen LogP contribution in [0.25, 0.3) is 0 Å². The quantitative estimate of drug-likeness (QED) is 0.821. The zero-order valence-corrected chi connectivity index (χ0v) is 16.1. The van der Waals surface area contributed by atoms with Gasteiger partial charge in [0.1, 0.15) is 5.75 Å². The fraction of sp³-hybridized carbons (Fsp3) is 0.579. The number of carbonyl (C=O) groups is 2. The van der Waals surface area contributed by atoms with E-state index < -0.39 is 0 Å². The Labute approximate surface area is 161 Å². The molecule has 2 saturated heterocycles. The predicted molar refractivity (Wildman–Crippen MR) is 104 cm³/mol. The van der Waals surface area contributed by atoms with Crippen LogP contribution in [-0.2, 0) is 9.59 Å². The lowest BCUT2D eigenvalue weighted by molar-refractivity contribution is -0.136. The average Bonchev–Trinajstić information content (AvgIpc) is 3.08. The molecule has 7 heteroatoms. The van der Waals surface area contributed by atoms with E-state index in [9.17, 15) is 9.59 Å². The highest BCUT2D eigenvalue weighted by Crippen LogP contribution is 2.35. The normalized spacial score (nSPS) is 22.0. The number of likely N-dealkylation sites (tertiary alicyclic amines) is 1. The number of nitrogens with one attached hydrogen (secondary N) is 2. The summed E-state index contributed by atoms with van der Waals surface area (Å²) in [6.45, 7) is 5.60. The van der Waals surface area contributed by atoms with Gasteiger partial charge in [0, 0.05) is 37.2 Å². The van der Waals surface area contributed by atoms with E-state index in [4.69, 9.17) is 4.74 Å². The molecule has 26 heavy (non-hydrogen) atoms. The number of halogens is 1. The van der Waals surface area contributed by atoms with Gasteiger partial charge in [-0.25, -0.2) is 0 Å². The fourth-order valence-electron chi connectivity index (χ4n) is 3.68. The Morgan fingerprint density at radius 1 is 1.27 bits per heavy atom. The van der Waals surface area contributed by atoms with Crippen molar-refractivity contribution in [2.45, 2.75) is 32.6 Å². The number of ether oxygens (including phenoxy) is 1. The maximum Gasteiger partial charge on any atom is 0.260 e. The number of anilines is 1. The molecule has 0 aliphatic carbocycles. The molecule has 0 saturated carbocycles. The third-order valence-corrected chi connectivity index (χ3v) is 5.17. The van der Waals surface area contributed by atoms with Crippen LogP contribution in [0, 0.1) is 5.41 Å². The standard InChI is InChI=1S/C19H27N3O3.ClH/c1-2-17(23)21-15-4-6-16(7-5-15)25-12-18(24)22-11-3-8-19(14-22)9-10-20-13-19;/h4-7,20H,2-3,8-14H2,1H3,(H,21,23);1H. The van der Waals surface area contributed by atoms with Crippen molar-refractivity contribution < 1.29 is 14.3 Å². The summed E-state index contributed by atoms with van der Waals surface area (Å²) >= 11 is 0. The molecule has 2 aliphatic rings. The van der Waals surface area contributed by atoms with Crippen LogP contribution >= 0.6 is 12.4 Å². The minimum atomic E-state index is -0.0238. The van der Waals surface area contributed by atoms with E-state index in [1.54, 1.807) is 24.3 Å². The second-order valence-corrected chi connectivity index (χ2v) is 7.06. The first-order valence-electron chi connectivity index (χ1n) is 9.11. The Bertz CT molecular complexity index is 615. The Balaban J connectivity index is 0.00000243. The molecule has 2 aliphatic heterocycles. The largest absolute Gasteiger partial charge is 0.484 e. The van der Waals surface area contributed by atoms with Gasteiger partial charge in [0.15, 0.2) is 6.61 Å². The lowest BCUT2D eigenvalue weighted by Crippen LogP contribution is -2.48. The molecule has 6 nitrogen and oxygen atoms in total. The average molecular weight is 382 g/mol. The van der Waals surface area contributed by atoms with Gasteiger partial charge < -0.3 is 20.3 Å². The summed E-state index contributed by atoms with van der Waals surface area (Å²) in [6, 6.07) is 7.12. The van der Waals surface area contributed by atoms with Gasteiger partial charge in [-0.3, -0.25) is 9.59 Å². The number of hydrogen-bond donors (Lipinski definition) is 2. The van der Waals surface area contributed by atoms with Crippen molar-refractivity contribution in [2.24, 2.45) is 5.41 Å². The van der Waals surface area contributed by atoms with Crippen LogP contribution in [0.1, 0.15) is 32.6 Å². The van der Waals surface area contributed by atoms with Crippen molar-refractivity contribution in [1.29, 1.82) is 0 Å². The van der Waals surface area contributed by atoms with Gasteiger partial charge in [-0.1, -0.05) is 6.92 Å². The molecular weight excluding hydrogens is 354 g/mol. The van der Waals surface area contributed by atoms with E-state index in [1.165, 1.54) is 6.42 Å². The van der Waals surface area contributed by atoms with Crippen molar-refractivity contribution in [3.63, 3.8) is 0 Å². The monoisotopic (exact) mass is 381 g/mol. The van der Waals surface area contributed by atoms with Gasteiger partial charge in [0.05, 0.1) is 0 Å². The molecule has 0 aromatic heterocycles. The van der Waals surface area contributed by atoms with Crippen molar-refractivity contribution in [3.8, 4) is 5.75 Å². The summed E-state index contributed by atoms with van der Waals surface area (Å²) in [5.41, 5.74) is 1.00. The molecule has 2 heterocycles. The lowest BCUT2D eigenvalue weighted by atomic mass is 9.79. The lowest BCUT2D eigenvalue weighted by Gasteiger charge is -2.40. The number of nitrogens with zero attached hydrogens (tertiary/aromatic N) is 1. The Kier molecular flexibility index (Phi) is 7.29. The van der Waals surface area contributed by atoms with Crippen LogP contribution in [-0.4, -0.2) is 49.5 Å². The van der Waals surface area contributed by atoms with E-state index in [0.29, 0.717) is 12.2 Å². The molecule has 0 radical (unpaired) electrons. The number of piperidine rings is 1. The second-order valence-electron chi connectivity index (χ2n) is 7.06. The summed E-state index contributed by atoms with van der Waals surface area (Å²) in [4.78, 5) is 25.8. The minimum Gasteiger partial charge on any atom is -0.484 e. The molecule has 2 fully saturated rings. The van der Waals surface area contributed by atoms with E-state index in [1.807, 2.05) is 11.8 Å². The number of amides is 2. The highest BCUT2D eigenvalue weighted by Gasteiger charge is 2.39. The third-order valence-electron chi connectivity index (χ3n) is 5.17. The van der Waals surface area contributed by atoms with Crippen LogP contribution in [0.4, 0.5) is 5.69 Å². The summed E-state index contributed by atoms with van der Waals surface area (Å²) < 4.78 is 5.64. The maximum atomic E-state index is 12.5. The molecule has 1 aromatic carbocycles. The summed E-state index contributed by atoms with van der Waals surface area (Å²) in [5, 5.41) is 6.21. The second kappa shape index (κ2) is 9.24. The molecule has 1 aromatic rings. The van der Waals surface area contributed by atoms with Crippen LogP contribution in [0.2, 0.25) is 0 Å². The minimum absolute atomic E-state index is 0. The first kappa shape index (κ1) is 20.5. The predicted octanol–water partition coefficient (Wildman–Crippen LogP) is 2.44. The van der Waals surface area contributed by atoms with Crippen LogP contribution < -0.4 is 15.4 Å². The van der Waals surface area contributed by atoms with Gasteiger partial charge in [0.25, 0.3) is 5.91 Å². The molecule has 1 unspecified atom stereocenters. The summed E-state index contributed by atoms with van der Waals surface area (Å²) in [7, 11) is 0. The first-order valence-corrected chi connectivity index (χ1v) is 9.11. The molecule has 2 N–H and O–H groups in total. The molecule has 1 atom stereocenters. The molecule has 0 bridgehead atoms. The SMILES string of the molecule is CCC(=O)Nc1ccc(OCC(=O)N2CCCC3(CCNC3)C2)cc1.Cl.